The average molecular weight is 562 g/mol. The lowest BCUT2D eigenvalue weighted by atomic mass is 9.97. The molecule has 0 spiro atoms. The van der Waals surface area contributed by atoms with Crippen LogP contribution >= 0.6 is 11.6 Å². The van der Waals surface area contributed by atoms with Gasteiger partial charge >= 0.3 is 0 Å². The highest BCUT2D eigenvalue weighted by molar-refractivity contribution is 7.89. The lowest BCUT2D eigenvalue weighted by molar-refractivity contribution is -0.120. The van der Waals surface area contributed by atoms with Crippen molar-refractivity contribution in [2.45, 2.75) is 43.4 Å². The second-order valence-corrected chi connectivity index (χ2v) is 12.8. The van der Waals surface area contributed by atoms with Gasteiger partial charge in [-0.3, -0.25) is 4.79 Å². The van der Waals surface area contributed by atoms with Crippen LogP contribution in [0.2, 0.25) is 5.02 Å². The van der Waals surface area contributed by atoms with E-state index in [0.717, 1.165) is 6.07 Å². The summed E-state index contributed by atoms with van der Waals surface area (Å²) in [7, 11) is -6.24. The molecule has 1 fully saturated rings. The number of anilines is 1. The topological polar surface area (TPSA) is 122 Å². The Labute approximate surface area is 216 Å². The first-order valence-corrected chi connectivity index (χ1v) is 14.7. The number of hydrogen-bond acceptors (Lipinski definition) is 6. The number of ether oxygens (including phenoxy) is 1. The molecule has 2 N–H and O–H groups in total. The maximum absolute atomic E-state index is 14.1. The molecule has 1 aliphatic heterocycles. The predicted octanol–water partition coefficient (Wildman–Crippen LogP) is 3.35. The monoisotopic (exact) mass is 561 g/mol. The molecule has 198 valence electrons. The number of rotatable bonds is 9. The molecule has 0 aliphatic carbocycles. The number of methoxy groups -OCH3 is 1. The van der Waals surface area contributed by atoms with Crippen molar-refractivity contribution in [3.8, 4) is 5.75 Å². The summed E-state index contributed by atoms with van der Waals surface area (Å²) in [5, 5.41) is 2.75. The summed E-state index contributed by atoms with van der Waals surface area (Å²) in [6.45, 7) is 3.55. The minimum Gasteiger partial charge on any atom is -0.495 e. The minimum absolute atomic E-state index is 0.0278. The minimum atomic E-state index is -3.85. The molecule has 3 rings (SSSR count). The number of piperidine rings is 1. The van der Waals surface area contributed by atoms with E-state index >= 15 is 0 Å². The van der Waals surface area contributed by atoms with Crippen molar-refractivity contribution >= 4 is 43.2 Å². The van der Waals surface area contributed by atoms with Gasteiger partial charge < -0.3 is 10.1 Å². The molecule has 2 aromatic carbocycles. The summed E-state index contributed by atoms with van der Waals surface area (Å²) in [4.78, 5) is 12.9. The maximum atomic E-state index is 14.1. The van der Waals surface area contributed by atoms with Gasteiger partial charge in [-0.1, -0.05) is 17.7 Å². The lowest BCUT2D eigenvalue weighted by Crippen LogP contribution is -2.42. The first kappa shape index (κ1) is 28.3. The molecule has 1 aliphatic rings. The molecule has 1 amide bonds. The van der Waals surface area contributed by atoms with Gasteiger partial charge in [0.05, 0.1) is 23.4 Å². The SMILES string of the molecule is COc1ccc(S(=O)(=O)NC(C)C)cc1NC(=O)C1CCN(S(=O)(=O)Cc2c(F)cccc2Cl)CC1. The number of carbonyl (C=O) groups excluding carboxylic acids is 1. The van der Waals surface area contributed by atoms with Gasteiger partial charge in [0.25, 0.3) is 0 Å². The Hall–Kier alpha value is -2.25. The molecule has 2 aromatic rings. The number of amides is 1. The molecule has 13 heteroatoms. The highest BCUT2D eigenvalue weighted by atomic mass is 35.5. The number of carbonyl (C=O) groups is 1. The van der Waals surface area contributed by atoms with Crippen molar-refractivity contribution in [2.75, 3.05) is 25.5 Å². The first-order chi connectivity index (χ1) is 16.8. The number of nitrogens with zero attached hydrogens (tertiary/aromatic N) is 1. The highest BCUT2D eigenvalue weighted by Crippen LogP contribution is 2.30. The van der Waals surface area contributed by atoms with Gasteiger partial charge in [0.2, 0.25) is 26.0 Å². The zero-order valence-corrected chi connectivity index (χ0v) is 22.5. The second-order valence-electron chi connectivity index (χ2n) is 8.76. The third-order valence-corrected chi connectivity index (χ3v) is 9.55. The molecule has 1 heterocycles. The molecule has 0 atom stereocenters. The molecule has 0 saturated carbocycles. The van der Waals surface area contributed by atoms with Gasteiger partial charge in [-0.15, -0.1) is 0 Å². The van der Waals surface area contributed by atoms with Crippen LogP contribution in [0.4, 0.5) is 10.1 Å². The van der Waals surface area contributed by atoms with E-state index in [4.69, 9.17) is 16.3 Å². The molecule has 36 heavy (non-hydrogen) atoms. The number of benzene rings is 2. The Morgan fingerprint density at radius 1 is 1.17 bits per heavy atom. The smallest absolute Gasteiger partial charge is 0.240 e. The van der Waals surface area contributed by atoms with E-state index in [0.29, 0.717) is 0 Å². The third-order valence-electron chi connectivity index (χ3n) is 5.74. The lowest BCUT2D eigenvalue weighted by Gasteiger charge is -2.30. The fraction of sp³-hybridized carbons (Fsp3) is 0.435. The quantitative estimate of drug-likeness (QED) is 0.484. The average Bonchev–Trinajstić information content (AvgIpc) is 2.81. The predicted molar refractivity (Wildman–Crippen MR) is 135 cm³/mol. The molecule has 9 nitrogen and oxygen atoms in total. The van der Waals surface area contributed by atoms with E-state index in [2.05, 4.69) is 10.0 Å². The van der Waals surface area contributed by atoms with Gasteiger partial charge in [0.15, 0.2) is 0 Å². The summed E-state index contributed by atoms with van der Waals surface area (Å²) in [5.74, 6) is -1.87. The third kappa shape index (κ3) is 6.74. The molecule has 0 unspecified atom stereocenters. The van der Waals surface area contributed by atoms with E-state index in [1.54, 1.807) is 13.8 Å². The summed E-state index contributed by atoms with van der Waals surface area (Å²) in [6, 6.07) is 7.82. The van der Waals surface area contributed by atoms with E-state index in [-0.39, 0.29) is 64.8 Å². The summed E-state index contributed by atoms with van der Waals surface area (Å²) >= 11 is 5.98. The Balaban J connectivity index is 1.68. The van der Waals surface area contributed by atoms with Crippen molar-refractivity contribution in [1.29, 1.82) is 0 Å². The Kier molecular flexibility index (Phi) is 8.99. The van der Waals surface area contributed by atoms with Crippen molar-refractivity contribution in [3.63, 3.8) is 0 Å². The summed E-state index contributed by atoms with van der Waals surface area (Å²) in [5.41, 5.74) is 0.103. The van der Waals surface area contributed by atoms with Crippen molar-refractivity contribution < 1.29 is 30.8 Å². The molecular formula is C23H29ClFN3O6S2. The standard InChI is InChI=1S/C23H29ClFN3O6S2/c1-15(2)27-36(32,33)17-7-8-22(34-3)21(13-17)26-23(29)16-9-11-28(12-10-16)35(30,31)14-18-19(24)5-4-6-20(18)25/h4-8,13,15-16,27H,9-12,14H2,1-3H3,(H,26,29). The largest absolute Gasteiger partial charge is 0.495 e. The zero-order chi connectivity index (χ0) is 26.7. The highest BCUT2D eigenvalue weighted by Gasteiger charge is 2.32. The van der Waals surface area contributed by atoms with Crippen LogP contribution in [0.5, 0.6) is 5.75 Å². The number of sulfonamides is 2. The Morgan fingerprint density at radius 3 is 2.42 bits per heavy atom. The van der Waals surface area contributed by atoms with Crippen LogP contribution in [0.25, 0.3) is 0 Å². The summed E-state index contributed by atoms with van der Waals surface area (Å²) in [6.07, 6.45) is 0.483. The molecule has 0 bridgehead atoms. The van der Waals surface area contributed by atoms with Crippen LogP contribution in [0.3, 0.4) is 0 Å². The number of nitrogens with one attached hydrogen (secondary N) is 2. The fourth-order valence-electron chi connectivity index (χ4n) is 3.91. The fourth-order valence-corrected chi connectivity index (χ4v) is 7.10. The van der Waals surface area contributed by atoms with E-state index in [1.165, 1.54) is 41.7 Å². The number of hydrogen-bond donors (Lipinski definition) is 2. The normalized spacial score (nSPS) is 15.7. The van der Waals surface area contributed by atoms with Crippen molar-refractivity contribution in [1.82, 2.24) is 9.03 Å². The van der Waals surface area contributed by atoms with E-state index < -0.39 is 37.5 Å². The molecular weight excluding hydrogens is 533 g/mol. The first-order valence-electron chi connectivity index (χ1n) is 11.3. The van der Waals surface area contributed by atoms with Crippen LogP contribution < -0.4 is 14.8 Å². The maximum Gasteiger partial charge on any atom is 0.240 e. The van der Waals surface area contributed by atoms with E-state index in [1.807, 2.05) is 0 Å². The van der Waals surface area contributed by atoms with Crippen molar-refractivity contribution in [3.05, 3.63) is 52.8 Å². The van der Waals surface area contributed by atoms with Crippen LogP contribution in [-0.2, 0) is 30.6 Å². The molecule has 0 radical (unpaired) electrons. The summed E-state index contributed by atoms with van der Waals surface area (Å²) < 4.78 is 73.8. The van der Waals surface area contributed by atoms with Crippen molar-refractivity contribution in [2.24, 2.45) is 5.92 Å². The molecule has 0 aromatic heterocycles. The van der Waals surface area contributed by atoms with Crippen LogP contribution in [-0.4, -0.2) is 53.3 Å². The van der Waals surface area contributed by atoms with Gasteiger partial charge in [-0.25, -0.2) is 30.3 Å². The van der Waals surface area contributed by atoms with Gasteiger partial charge in [-0.2, -0.15) is 0 Å². The van der Waals surface area contributed by atoms with Crippen LogP contribution in [0.1, 0.15) is 32.3 Å². The zero-order valence-electron chi connectivity index (χ0n) is 20.1. The molecule has 1 saturated heterocycles. The van der Waals surface area contributed by atoms with Crippen LogP contribution in [0, 0.1) is 11.7 Å². The van der Waals surface area contributed by atoms with E-state index in [9.17, 15) is 26.0 Å². The van der Waals surface area contributed by atoms with Gasteiger partial charge in [0.1, 0.15) is 11.6 Å². The Morgan fingerprint density at radius 2 is 1.83 bits per heavy atom. The number of halogens is 2. The Bertz CT molecular complexity index is 1310. The van der Waals surface area contributed by atoms with Crippen LogP contribution in [0.15, 0.2) is 41.3 Å². The van der Waals surface area contributed by atoms with Gasteiger partial charge in [0, 0.05) is 35.6 Å². The second kappa shape index (κ2) is 11.4. The van der Waals surface area contributed by atoms with Gasteiger partial charge in [-0.05, 0) is 57.0 Å².